The highest BCUT2D eigenvalue weighted by atomic mass is 16.7. The van der Waals surface area contributed by atoms with Crippen LogP contribution in [-0.2, 0) is 18.9 Å². The summed E-state index contributed by atoms with van der Waals surface area (Å²) in [4.78, 5) is 43.4. The lowest BCUT2D eigenvalue weighted by Crippen LogP contribution is -2.48. The molecule has 0 unspecified atom stereocenters. The molecule has 11 nitrogen and oxygen atoms in total. The van der Waals surface area contributed by atoms with E-state index in [-0.39, 0.29) is 16.7 Å². The zero-order chi connectivity index (χ0) is 28.8. The van der Waals surface area contributed by atoms with Gasteiger partial charge in [0.2, 0.25) is 12.3 Å². The van der Waals surface area contributed by atoms with Crippen molar-refractivity contribution in [2.24, 2.45) is 4.99 Å². The number of carbonyl (C=O) groups excluding carboxylic acids is 3. The number of carbonyl (C=O) groups is 3. The van der Waals surface area contributed by atoms with Crippen LogP contribution in [0.1, 0.15) is 31.1 Å². The van der Waals surface area contributed by atoms with Gasteiger partial charge >= 0.3 is 23.6 Å². The summed E-state index contributed by atoms with van der Waals surface area (Å²) in [6, 6.07) is 26.0. The van der Waals surface area contributed by atoms with E-state index >= 15 is 0 Å². The first-order valence-corrected chi connectivity index (χ1v) is 12.4. The molecule has 0 aromatic heterocycles. The number of benzene rings is 3. The Balaban J connectivity index is 1.47. The first kappa shape index (κ1) is 27.0. The van der Waals surface area contributed by atoms with Crippen LogP contribution in [0.5, 0.6) is 0 Å². The highest BCUT2D eigenvalue weighted by molar-refractivity contribution is 5.91. The van der Waals surface area contributed by atoms with E-state index < -0.39 is 60.6 Å². The molecule has 11 heteroatoms. The largest absolute Gasteiger partial charge is 0.788 e. The van der Waals surface area contributed by atoms with Crippen LogP contribution in [0.2, 0.25) is 0 Å². The van der Waals surface area contributed by atoms with Crippen molar-refractivity contribution in [1.29, 1.82) is 5.26 Å². The van der Waals surface area contributed by atoms with Crippen molar-refractivity contribution in [1.82, 2.24) is 4.90 Å². The number of ether oxygens (including phenoxy) is 4. The first-order chi connectivity index (χ1) is 20.0. The highest BCUT2D eigenvalue weighted by Crippen LogP contribution is 2.33. The van der Waals surface area contributed by atoms with Gasteiger partial charge in [-0.3, -0.25) is 0 Å². The second-order valence-corrected chi connectivity index (χ2v) is 8.85. The standard InChI is InChI=1S/C30H21N3O8/c31-16-22-26(34)33(18-32-22)27-25(41-30(37)21-14-8-3-9-15-21)24(40-29(36)20-12-6-2-7-13-20)23(39-27)17-38-28(35)19-10-4-1-5-11-19/h1-15,23-25,27H,17H2/t23-,24-,25-,27-/m1/s1. The predicted octanol–water partition coefficient (Wildman–Crippen LogP) is 2.29. The predicted molar refractivity (Wildman–Crippen MR) is 139 cm³/mol. The normalized spacial score (nSPS) is 21.1. The van der Waals surface area contributed by atoms with Crippen LogP contribution in [0.4, 0.5) is 0 Å². The van der Waals surface area contributed by atoms with Crippen molar-refractivity contribution in [2.75, 3.05) is 6.61 Å². The Labute approximate surface area is 234 Å². The van der Waals surface area contributed by atoms with Gasteiger partial charge in [0.25, 0.3) is 6.34 Å². The molecule has 2 aliphatic rings. The summed E-state index contributed by atoms with van der Waals surface area (Å²) in [5.41, 5.74) is 0.205. The summed E-state index contributed by atoms with van der Waals surface area (Å²) >= 11 is 0. The van der Waals surface area contributed by atoms with Gasteiger partial charge in [0.05, 0.1) is 16.7 Å². The molecule has 0 aliphatic carbocycles. The first-order valence-electron chi connectivity index (χ1n) is 12.4. The van der Waals surface area contributed by atoms with Gasteiger partial charge < -0.3 is 24.1 Å². The lowest BCUT2D eigenvalue weighted by molar-refractivity contribution is -0.335. The summed E-state index contributed by atoms with van der Waals surface area (Å²) < 4.78 is 23.0. The van der Waals surface area contributed by atoms with Crippen LogP contribution >= 0.6 is 0 Å². The summed E-state index contributed by atoms with van der Waals surface area (Å²) in [6.45, 7) is -0.426. The smallest absolute Gasteiger partial charge is 0.338 e. The van der Waals surface area contributed by atoms with Gasteiger partial charge in [0.15, 0.2) is 18.1 Å². The zero-order valence-electron chi connectivity index (χ0n) is 21.3. The maximum atomic E-state index is 13.1. The summed E-state index contributed by atoms with van der Waals surface area (Å²) in [6.07, 6.45) is -2.97. The van der Waals surface area contributed by atoms with E-state index in [2.05, 4.69) is 11.3 Å². The molecule has 2 heterocycles. The molecule has 0 spiro atoms. The van der Waals surface area contributed by atoms with Crippen LogP contribution in [0.15, 0.2) is 108 Å². The van der Waals surface area contributed by atoms with Gasteiger partial charge in [0, 0.05) is 0 Å². The number of esters is 3. The third-order valence-electron chi connectivity index (χ3n) is 6.23. The molecule has 0 radical (unpaired) electrons. The number of nitriles is 1. The quantitative estimate of drug-likeness (QED) is 0.232. The molecule has 5 rings (SSSR count). The third kappa shape index (κ3) is 5.89. The number of allylic oxidation sites excluding steroid dienone is 1. The van der Waals surface area contributed by atoms with Gasteiger partial charge in [0.1, 0.15) is 12.7 Å². The molecular weight excluding hydrogens is 530 g/mol. The van der Waals surface area contributed by atoms with Gasteiger partial charge in [-0.15, -0.1) is 4.90 Å². The number of hydrogen-bond acceptors (Lipinski definition) is 11. The zero-order valence-corrected chi connectivity index (χ0v) is 21.3. The van der Waals surface area contributed by atoms with E-state index in [0.29, 0.717) is 0 Å². The maximum absolute atomic E-state index is 13.1. The Morgan fingerprint density at radius 2 is 1.32 bits per heavy atom. The number of hydrogen-bond donors (Lipinski definition) is 0. The number of aliphatic imine (C=N–C) groups is 1. The van der Waals surface area contributed by atoms with Gasteiger partial charge in [-0.25, -0.2) is 14.4 Å². The molecule has 3 aromatic rings. The minimum Gasteiger partial charge on any atom is -0.788 e. The van der Waals surface area contributed by atoms with Crippen LogP contribution < -0.4 is 5.11 Å². The Hall–Kier alpha value is -5.56. The Bertz CT molecular complexity index is 1520. The summed E-state index contributed by atoms with van der Waals surface area (Å²) in [5, 5.41) is 22.1. The second-order valence-electron chi connectivity index (χ2n) is 8.85. The van der Waals surface area contributed by atoms with Crippen molar-refractivity contribution in [3.63, 3.8) is 0 Å². The average molecular weight is 552 g/mol. The minimum atomic E-state index is -1.42. The molecule has 1 saturated heterocycles. The lowest BCUT2D eigenvalue weighted by Gasteiger charge is -2.26. The number of rotatable bonds is 8. The summed E-state index contributed by atoms with van der Waals surface area (Å²) in [5.74, 6) is -3.09. The maximum Gasteiger partial charge on any atom is 0.338 e. The van der Waals surface area contributed by atoms with Crippen LogP contribution in [0.25, 0.3) is 0 Å². The molecule has 1 fully saturated rings. The monoisotopic (exact) mass is 551 g/mol. The molecule has 2 aliphatic heterocycles. The van der Waals surface area contributed by atoms with E-state index in [1.807, 2.05) is 0 Å². The molecule has 0 bridgehead atoms. The third-order valence-corrected chi connectivity index (χ3v) is 6.23. The van der Waals surface area contributed by atoms with Crippen LogP contribution in [0, 0.1) is 11.3 Å². The van der Waals surface area contributed by atoms with Gasteiger partial charge in [-0.1, -0.05) is 54.6 Å². The van der Waals surface area contributed by atoms with Crippen LogP contribution in [-0.4, -0.2) is 60.3 Å². The van der Waals surface area contributed by atoms with Crippen molar-refractivity contribution in [3.05, 3.63) is 119 Å². The average Bonchev–Trinajstić information content (AvgIpc) is 3.55. The molecule has 0 amide bonds. The summed E-state index contributed by atoms with van der Waals surface area (Å²) in [7, 11) is 0. The van der Waals surface area contributed by atoms with E-state index in [4.69, 9.17) is 18.9 Å². The van der Waals surface area contributed by atoms with E-state index in [0.717, 1.165) is 4.90 Å². The molecule has 41 heavy (non-hydrogen) atoms. The van der Waals surface area contributed by atoms with Crippen molar-refractivity contribution in [2.45, 2.75) is 24.5 Å². The highest BCUT2D eigenvalue weighted by Gasteiger charge is 2.55. The molecular formula is C30H21N3O8. The second kappa shape index (κ2) is 12.1. The molecule has 204 valence electrons. The Morgan fingerprint density at radius 3 is 1.80 bits per heavy atom. The fraction of sp³-hybridized carbons (Fsp3) is 0.167. The fourth-order valence-electron chi connectivity index (χ4n) is 4.22. The Morgan fingerprint density at radius 1 is 0.829 bits per heavy atom. The van der Waals surface area contributed by atoms with Crippen molar-refractivity contribution in [3.8, 4) is 6.07 Å². The number of nitrogens with zero attached hydrogens (tertiary/aromatic N) is 3. The molecule has 3 aromatic carbocycles. The lowest BCUT2D eigenvalue weighted by atomic mass is 10.1. The van der Waals surface area contributed by atoms with E-state index in [1.54, 1.807) is 72.8 Å². The van der Waals surface area contributed by atoms with E-state index in [9.17, 15) is 24.8 Å². The topological polar surface area (TPSA) is 151 Å². The van der Waals surface area contributed by atoms with Gasteiger partial charge in [-0.2, -0.15) is 5.26 Å². The van der Waals surface area contributed by atoms with Crippen LogP contribution in [0.3, 0.4) is 0 Å². The SMILES string of the molecule is N#CC1=C([O-])N([C@@H]2O[C@H](COC(=O)c3ccccc3)[C@@H](OC(=O)c3ccccc3)[C@H]2OC(=O)c2ccccc2)[C+]=N1. The molecule has 4 atom stereocenters. The van der Waals surface area contributed by atoms with Gasteiger partial charge in [-0.05, 0) is 41.4 Å². The Kier molecular flexibility index (Phi) is 7.97. The van der Waals surface area contributed by atoms with Crippen molar-refractivity contribution < 1.29 is 38.4 Å². The molecule has 0 saturated carbocycles. The fourth-order valence-corrected chi connectivity index (χ4v) is 4.22. The van der Waals surface area contributed by atoms with E-state index in [1.165, 1.54) is 24.3 Å². The minimum absolute atomic E-state index is 0.188. The van der Waals surface area contributed by atoms with Crippen molar-refractivity contribution >= 4 is 24.2 Å². The molecule has 0 N–H and O–H groups in total.